The molecule has 6 nitrogen and oxygen atoms in total. The third-order valence-electron chi connectivity index (χ3n) is 7.63. The standard InChI is InChI=1S/C29H36F3N3O3/c1-18-14-23-22-16-21(31)7-6-20(22)15-24(23)28(35(18)11-8-26(36)37-4)27-19(2)29(33-17-25(27)32)38-13-12-34(3)10-5-9-30/h6-7,16-18,28H,5,8-15H2,1-4H3/t18-,28+/m1/s1. The molecule has 0 saturated heterocycles. The lowest BCUT2D eigenvalue weighted by atomic mass is 9.83. The van der Waals surface area contributed by atoms with Crippen molar-refractivity contribution in [3.8, 4) is 5.88 Å². The number of aromatic nitrogens is 1. The Kier molecular flexibility index (Phi) is 9.10. The highest BCUT2D eigenvalue weighted by Gasteiger charge is 2.41. The summed E-state index contributed by atoms with van der Waals surface area (Å²) < 4.78 is 53.2. The van der Waals surface area contributed by atoms with Gasteiger partial charge in [0.05, 0.1) is 32.4 Å². The Morgan fingerprint density at radius 3 is 2.79 bits per heavy atom. The normalized spacial score (nSPS) is 19.1. The van der Waals surface area contributed by atoms with Crippen LogP contribution in [-0.2, 0) is 16.0 Å². The summed E-state index contributed by atoms with van der Waals surface area (Å²) >= 11 is 0. The van der Waals surface area contributed by atoms with E-state index in [1.54, 1.807) is 19.1 Å². The molecule has 2 aliphatic rings. The molecule has 0 N–H and O–H groups in total. The summed E-state index contributed by atoms with van der Waals surface area (Å²) in [6.07, 6.45) is 3.06. The first kappa shape index (κ1) is 28.1. The SMILES string of the molecule is COC(=O)CCN1[C@H](C)CC2=C(Cc3ccc(F)cc32)[C@H]1c1c(F)cnc(OCCN(C)CCCF)c1C. The van der Waals surface area contributed by atoms with Gasteiger partial charge in [-0.25, -0.2) is 13.8 Å². The number of halogens is 3. The number of esters is 1. The molecule has 4 rings (SSSR count). The quantitative estimate of drug-likeness (QED) is 0.379. The first-order valence-corrected chi connectivity index (χ1v) is 13.1. The number of carbonyl (C=O) groups excluding carboxylic acids is 1. The molecule has 1 aliphatic carbocycles. The van der Waals surface area contributed by atoms with Crippen LogP contribution in [0.25, 0.3) is 5.57 Å². The van der Waals surface area contributed by atoms with Gasteiger partial charge in [-0.15, -0.1) is 0 Å². The Hall–Kier alpha value is -2.91. The van der Waals surface area contributed by atoms with Crippen LogP contribution in [0.5, 0.6) is 5.88 Å². The monoisotopic (exact) mass is 531 g/mol. The summed E-state index contributed by atoms with van der Waals surface area (Å²) in [6.45, 7) is 5.39. The molecular formula is C29H36F3N3O3. The van der Waals surface area contributed by atoms with Gasteiger partial charge in [0.2, 0.25) is 5.88 Å². The number of ether oxygens (including phenoxy) is 2. The van der Waals surface area contributed by atoms with E-state index in [0.717, 1.165) is 22.3 Å². The minimum Gasteiger partial charge on any atom is -0.476 e. The van der Waals surface area contributed by atoms with E-state index in [2.05, 4.69) is 9.88 Å². The van der Waals surface area contributed by atoms with Gasteiger partial charge in [0, 0.05) is 36.8 Å². The first-order chi connectivity index (χ1) is 18.2. The third kappa shape index (κ3) is 5.89. The van der Waals surface area contributed by atoms with Crippen LogP contribution in [-0.4, -0.2) is 73.9 Å². The zero-order valence-corrected chi connectivity index (χ0v) is 22.5. The van der Waals surface area contributed by atoms with E-state index < -0.39 is 11.9 Å². The van der Waals surface area contributed by atoms with Crippen LogP contribution in [0.15, 0.2) is 30.0 Å². The Labute approximate surface area is 222 Å². The summed E-state index contributed by atoms with van der Waals surface area (Å²) in [7, 11) is 3.25. The number of hydrogen-bond donors (Lipinski definition) is 0. The number of nitrogens with zero attached hydrogens (tertiary/aromatic N) is 3. The fourth-order valence-corrected chi connectivity index (χ4v) is 5.65. The van der Waals surface area contributed by atoms with Crippen molar-refractivity contribution in [3.05, 3.63) is 63.9 Å². The lowest BCUT2D eigenvalue weighted by Crippen LogP contribution is -2.42. The van der Waals surface area contributed by atoms with Crippen LogP contribution >= 0.6 is 0 Å². The van der Waals surface area contributed by atoms with Gasteiger partial charge < -0.3 is 14.4 Å². The molecule has 0 amide bonds. The summed E-state index contributed by atoms with van der Waals surface area (Å²) in [5.41, 5.74) is 5.00. The van der Waals surface area contributed by atoms with E-state index in [1.807, 2.05) is 18.9 Å². The number of rotatable bonds is 11. The van der Waals surface area contributed by atoms with Gasteiger partial charge in [-0.05, 0) is 74.6 Å². The number of hydrogen-bond acceptors (Lipinski definition) is 6. The van der Waals surface area contributed by atoms with Crippen LogP contribution < -0.4 is 4.74 Å². The Bertz CT molecular complexity index is 1200. The molecule has 0 bridgehead atoms. The van der Waals surface area contributed by atoms with Crippen LogP contribution in [0.1, 0.15) is 54.5 Å². The molecule has 0 fully saturated rings. The minimum absolute atomic E-state index is 0.0295. The number of methoxy groups -OCH3 is 1. The number of carbonyl (C=O) groups is 1. The zero-order valence-electron chi connectivity index (χ0n) is 22.5. The topological polar surface area (TPSA) is 54.9 Å². The lowest BCUT2D eigenvalue weighted by molar-refractivity contribution is -0.141. The highest BCUT2D eigenvalue weighted by Crippen LogP contribution is 2.50. The van der Waals surface area contributed by atoms with Gasteiger partial charge in [0.1, 0.15) is 18.2 Å². The smallest absolute Gasteiger partial charge is 0.306 e. The molecule has 206 valence electrons. The van der Waals surface area contributed by atoms with Crippen molar-refractivity contribution >= 4 is 11.5 Å². The van der Waals surface area contributed by atoms with Crippen molar-refractivity contribution in [1.82, 2.24) is 14.8 Å². The van der Waals surface area contributed by atoms with Gasteiger partial charge in [-0.1, -0.05) is 6.07 Å². The highest BCUT2D eigenvalue weighted by atomic mass is 19.1. The number of fused-ring (bicyclic) bond motifs is 2. The maximum Gasteiger partial charge on any atom is 0.306 e. The molecule has 38 heavy (non-hydrogen) atoms. The van der Waals surface area contributed by atoms with Crippen LogP contribution in [0, 0.1) is 18.6 Å². The maximum absolute atomic E-state index is 15.7. The largest absolute Gasteiger partial charge is 0.476 e. The van der Waals surface area contributed by atoms with E-state index in [1.165, 1.54) is 19.4 Å². The van der Waals surface area contributed by atoms with E-state index >= 15 is 4.39 Å². The number of pyridine rings is 1. The van der Waals surface area contributed by atoms with Crippen molar-refractivity contribution in [2.75, 3.05) is 47.1 Å². The van der Waals surface area contributed by atoms with Crippen LogP contribution in [0.3, 0.4) is 0 Å². The summed E-state index contributed by atoms with van der Waals surface area (Å²) in [5.74, 6) is -0.741. The first-order valence-electron chi connectivity index (χ1n) is 13.1. The van der Waals surface area contributed by atoms with Crippen molar-refractivity contribution in [1.29, 1.82) is 0 Å². The fourth-order valence-electron chi connectivity index (χ4n) is 5.65. The van der Waals surface area contributed by atoms with Gasteiger partial charge >= 0.3 is 5.97 Å². The molecule has 1 aromatic heterocycles. The molecule has 9 heteroatoms. The third-order valence-corrected chi connectivity index (χ3v) is 7.63. The molecule has 0 unspecified atom stereocenters. The summed E-state index contributed by atoms with van der Waals surface area (Å²) in [4.78, 5) is 20.4. The van der Waals surface area contributed by atoms with Gasteiger partial charge in [0.15, 0.2) is 0 Å². The van der Waals surface area contributed by atoms with E-state index in [4.69, 9.17) is 9.47 Å². The molecule has 0 spiro atoms. The number of alkyl halides is 1. The molecule has 0 saturated carbocycles. The van der Waals surface area contributed by atoms with Crippen molar-refractivity contribution < 1.29 is 27.4 Å². The van der Waals surface area contributed by atoms with E-state index in [-0.39, 0.29) is 30.9 Å². The average Bonchev–Trinajstić information content (AvgIpc) is 3.25. The Morgan fingerprint density at radius 2 is 2.05 bits per heavy atom. The number of benzene rings is 1. The van der Waals surface area contributed by atoms with Crippen molar-refractivity contribution in [2.24, 2.45) is 0 Å². The molecular weight excluding hydrogens is 495 g/mol. The molecule has 2 heterocycles. The number of likely N-dealkylation sites (N-methyl/N-ethyl adjacent to an activating group) is 1. The minimum atomic E-state index is -0.466. The van der Waals surface area contributed by atoms with Crippen LogP contribution in [0.2, 0.25) is 0 Å². The molecule has 2 aromatic rings. The van der Waals surface area contributed by atoms with E-state index in [9.17, 15) is 13.6 Å². The second-order valence-electron chi connectivity index (χ2n) is 10.1. The van der Waals surface area contributed by atoms with Crippen molar-refractivity contribution in [3.63, 3.8) is 0 Å². The molecule has 1 aliphatic heterocycles. The second kappa shape index (κ2) is 12.3. The summed E-state index contributed by atoms with van der Waals surface area (Å²) in [6, 6.07) is 4.33. The zero-order chi connectivity index (χ0) is 27.4. The average molecular weight is 532 g/mol. The summed E-state index contributed by atoms with van der Waals surface area (Å²) in [5, 5.41) is 0. The fraction of sp³-hybridized carbons (Fsp3) is 0.517. The van der Waals surface area contributed by atoms with Crippen LogP contribution in [0.4, 0.5) is 13.2 Å². The molecule has 0 radical (unpaired) electrons. The van der Waals surface area contributed by atoms with Gasteiger partial charge in [-0.3, -0.25) is 14.1 Å². The predicted octanol–water partition coefficient (Wildman–Crippen LogP) is 5.05. The lowest BCUT2D eigenvalue weighted by Gasteiger charge is -2.42. The highest BCUT2D eigenvalue weighted by molar-refractivity contribution is 5.79. The second-order valence-corrected chi connectivity index (χ2v) is 10.1. The molecule has 2 atom stereocenters. The maximum atomic E-state index is 15.7. The Morgan fingerprint density at radius 1 is 1.26 bits per heavy atom. The van der Waals surface area contributed by atoms with Crippen molar-refractivity contribution in [2.45, 2.75) is 51.6 Å². The van der Waals surface area contributed by atoms with Gasteiger partial charge in [-0.2, -0.15) is 0 Å². The van der Waals surface area contributed by atoms with Gasteiger partial charge in [0.25, 0.3) is 0 Å². The van der Waals surface area contributed by atoms with E-state index in [0.29, 0.717) is 62.5 Å². The predicted molar refractivity (Wildman–Crippen MR) is 140 cm³/mol. The molecule has 1 aromatic carbocycles. The Balaban J connectivity index is 1.70.